The van der Waals surface area contributed by atoms with E-state index in [9.17, 15) is 4.39 Å². The van der Waals surface area contributed by atoms with Gasteiger partial charge in [-0.05, 0) is 63.0 Å². The zero-order valence-corrected chi connectivity index (χ0v) is 12.8. The Balaban J connectivity index is 1.89. The number of nitrogens with one attached hydrogen (secondary N) is 1. The van der Waals surface area contributed by atoms with Crippen LogP contribution in [0.4, 0.5) is 4.39 Å². The molecule has 1 N–H and O–H groups in total. The molecule has 1 aliphatic heterocycles. The highest BCUT2D eigenvalue weighted by molar-refractivity contribution is 5.28. The van der Waals surface area contributed by atoms with E-state index < -0.39 is 0 Å². The third-order valence-corrected chi connectivity index (χ3v) is 4.37. The molecule has 0 spiro atoms. The van der Waals surface area contributed by atoms with Crippen LogP contribution in [0.15, 0.2) is 18.2 Å². The fourth-order valence-corrected chi connectivity index (χ4v) is 3.03. The smallest absolute Gasteiger partial charge is 0.127 e. The van der Waals surface area contributed by atoms with Crippen molar-refractivity contribution in [2.75, 3.05) is 26.2 Å². The number of likely N-dealkylation sites (tertiary alicyclic amines) is 1. The van der Waals surface area contributed by atoms with Gasteiger partial charge in [-0.3, -0.25) is 4.90 Å². The number of hydrogen-bond acceptors (Lipinski definition) is 2. The normalized spacial score (nSPS) is 17.6. The maximum atomic E-state index is 14.0. The lowest BCUT2D eigenvalue weighted by Crippen LogP contribution is -2.37. The number of piperidine rings is 1. The van der Waals surface area contributed by atoms with Crippen LogP contribution in [-0.2, 0) is 13.0 Å². The second-order valence-electron chi connectivity index (χ2n) is 5.76. The summed E-state index contributed by atoms with van der Waals surface area (Å²) in [6.07, 6.45) is 3.36. The van der Waals surface area contributed by atoms with Crippen molar-refractivity contribution >= 4 is 0 Å². The maximum absolute atomic E-state index is 14.0. The second-order valence-corrected chi connectivity index (χ2v) is 5.76. The van der Waals surface area contributed by atoms with E-state index in [4.69, 9.17) is 0 Å². The van der Waals surface area contributed by atoms with Crippen LogP contribution in [-0.4, -0.2) is 31.1 Å². The van der Waals surface area contributed by atoms with Crippen molar-refractivity contribution < 1.29 is 4.39 Å². The Morgan fingerprint density at radius 3 is 2.65 bits per heavy atom. The highest BCUT2D eigenvalue weighted by atomic mass is 19.1. The quantitative estimate of drug-likeness (QED) is 0.859. The number of benzene rings is 1. The highest BCUT2D eigenvalue weighted by Gasteiger charge is 2.20. The van der Waals surface area contributed by atoms with Gasteiger partial charge in [-0.15, -0.1) is 0 Å². The first-order chi connectivity index (χ1) is 9.74. The maximum Gasteiger partial charge on any atom is 0.127 e. The fraction of sp³-hybridized carbons (Fsp3) is 0.647. The standard InChI is InChI=1S/C17H27FN2/c1-3-15-6-5-7-17(18)16(15)13-20-10-8-14(9-11-20)12-19-4-2/h5-7,14,19H,3-4,8-13H2,1-2H3. The van der Waals surface area contributed by atoms with Crippen LogP contribution in [0.1, 0.15) is 37.8 Å². The first-order valence-electron chi connectivity index (χ1n) is 7.93. The van der Waals surface area contributed by atoms with E-state index in [0.717, 1.165) is 56.2 Å². The van der Waals surface area contributed by atoms with Gasteiger partial charge < -0.3 is 5.32 Å². The summed E-state index contributed by atoms with van der Waals surface area (Å²) in [5.74, 6) is 0.747. The van der Waals surface area contributed by atoms with Crippen molar-refractivity contribution in [3.63, 3.8) is 0 Å². The van der Waals surface area contributed by atoms with E-state index in [-0.39, 0.29) is 5.82 Å². The Morgan fingerprint density at radius 2 is 2.00 bits per heavy atom. The molecule has 112 valence electrons. The molecule has 0 saturated carbocycles. The average molecular weight is 278 g/mol. The third kappa shape index (κ3) is 4.03. The van der Waals surface area contributed by atoms with Crippen molar-refractivity contribution in [1.82, 2.24) is 10.2 Å². The monoisotopic (exact) mass is 278 g/mol. The summed E-state index contributed by atoms with van der Waals surface area (Å²) < 4.78 is 14.0. The lowest BCUT2D eigenvalue weighted by molar-refractivity contribution is 0.174. The van der Waals surface area contributed by atoms with Crippen LogP contribution < -0.4 is 5.32 Å². The summed E-state index contributed by atoms with van der Waals surface area (Å²) in [5.41, 5.74) is 2.06. The molecule has 0 amide bonds. The summed E-state index contributed by atoms with van der Waals surface area (Å²) in [6.45, 7) is 9.38. The minimum Gasteiger partial charge on any atom is -0.317 e. The van der Waals surface area contributed by atoms with Gasteiger partial charge in [0, 0.05) is 12.1 Å². The Hall–Kier alpha value is -0.930. The van der Waals surface area contributed by atoms with Crippen molar-refractivity contribution in [2.24, 2.45) is 5.92 Å². The summed E-state index contributed by atoms with van der Waals surface area (Å²) in [5, 5.41) is 3.43. The van der Waals surface area contributed by atoms with Crippen molar-refractivity contribution in [2.45, 2.75) is 39.7 Å². The molecule has 1 saturated heterocycles. The topological polar surface area (TPSA) is 15.3 Å². The van der Waals surface area contributed by atoms with Crippen molar-refractivity contribution in [3.05, 3.63) is 35.1 Å². The summed E-state index contributed by atoms with van der Waals surface area (Å²) >= 11 is 0. The zero-order chi connectivity index (χ0) is 14.4. The Labute approximate surface area is 122 Å². The Bertz CT molecular complexity index is 411. The number of nitrogens with zero attached hydrogens (tertiary/aromatic N) is 1. The van der Waals surface area contributed by atoms with E-state index in [1.54, 1.807) is 6.07 Å². The molecular formula is C17H27FN2. The van der Waals surface area contributed by atoms with E-state index in [2.05, 4.69) is 30.1 Å². The van der Waals surface area contributed by atoms with Crippen LogP contribution in [0.2, 0.25) is 0 Å². The molecule has 0 aliphatic carbocycles. The van der Waals surface area contributed by atoms with Gasteiger partial charge in [-0.1, -0.05) is 26.0 Å². The van der Waals surface area contributed by atoms with E-state index in [1.807, 2.05) is 6.07 Å². The average Bonchev–Trinajstić information content (AvgIpc) is 2.48. The third-order valence-electron chi connectivity index (χ3n) is 4.37. The van der Waals surface area contributed by atoms with Crippen LogP contribution in [0.25, 0.3) is 0 Å². The molecule has 0 atom stereocenters. The summed E-state index contributed by atoms with van der Waals surface area (Å²) in [4.78, 5) is 2.40. The van der Waals surface area contributed by atoms with Gasteiger partial charge in [-0.25, -0.2) is 4.39 Å². The number of halogens is 1. The largest absolute Gasteiger partial charge is 0.317 e. The van der Waals surface area contributed by atoms with Gasteiger partial charge in [-0.2, -0.15) is 0 Å². The molecule has 1 aromatic rings. The van der Waals surface area contributed by atoms with Crippen LogP contribution in [0, 0.1) is 11.7 Å². The van der Waals surface area contributed by atoms with Gasteiger partial charge in [0.25, 0.3) is 0 Å². The minimum absolute atomic E-state index is 0.0425. The Kier molecular flexibility index (Phi) is 5.99. The summed E-state index contributed by atoms with van der Waals surface area (Å²) in [7, 11) is 0. The molecule has 1 heterocycles. The Morgan fingerprint density at radius 1 is 1.25 bits per heavy atom. The van der Waals surface area contributed by atoms with Crippen LogP contribution in [0.5, 0.6) is 0 Å². The SMILES string of the molecule is CCNCC1CCN(Cc2c(F)cccc2CC)CC1. The molecule has 1 aliphatic rings. The number of aryl methyl sites for hydroxylation is 1. The molecule has 2 nitrogen and oxygen atoms in total. The lowest BCUT2D eigenvalue weighted by atomic mass is 9.95. The molecule has 20 heavy (non-hydrogen) atoms. The van der Waals surface area contributed by atoms with E-state index >= 15 is 0 Å². The van der Waals surface area contributed by atoms with Gasteiger partial charge >= 0.3 is 0 Å². The molecule has 0 radical (unpaired) electrons. The first kappa shape index (κ1) is 15.5. The zero-order valence-electron chi connectivity index (χ0n) is 12.8. The molecular weight excluding hydrogens is 251 g/mol. The molecule has 1 fully saturated rings. The minimum atomic E-state index is -0.0425. The molecule has 0 aromatic heterocycles. The van der Waals surface area contributed by atoms with Crippen molar-refractivity contribution in [3.8, 4) is 0 Å². The molecule has 1 aromatic carbocycles. The van der Waals surface area contributed by atoms with Gasteiger partial charge in [0.15, 0.2) is 0 Å². The number of rotatable bonds is 6. The van der Waals surface area contributed by atoms with Gasteiger partial charge in [0.2, 0.25) is 0 Å². The van der Waals surface area contributed by atoms with Crippen LogP contribution >= 0.6 is 0 Å². The predicted molar refractivity (Wildman–Crippen MR) is 82.3 cm³/mol. The molecule has 0 unspecified atom stereocenters. The summed E-state index contributed by atoms with van der Waals surface area (Å²) in [6, 6.07) is 5.46. The van der Waals surface area contributed by atoms with Crippen LogP contribution in [0.3, 0.4) is 0 Å². The first-order valence-corrected chi connectivity index (χ1v) is 7.93. The molecule has 0 bridgehead atoms. The van der Waals surface area contributed by atoms with E-state index in [0.29, 0.717) is 0 Å². The lowest BCUT2D eigenvalue weighted by Gasteiger charge is -2.32. The van der Waals surface area contributed by atoms with E-state index in [1.165, 1.54) is 12.8 Å². The number of hydrogen-bond donors (Lipinski definition) is 1. The predicted octanol–water partition coefficient (Wildman–Crippen LogP) is 3.21. The van der Waals surface area contributed by atoms with Crippen molar-refractivity contribution in [1.29, 1.82) is 0 Å². The molecule has 2 rings (SSSR count). The second kappa shape index (κ2) is 7.75. The molecule has 3 heteroatoms. The van der Waals surface area contributed by atoms with Gasteiger partial charge in [0.05, 0.1) is 0 Å². The van der Waals surface area contributed by atoms with Gasteiger partial charge in [0.1, 0.15) is 5.82 Å². The highest BCUT2D eigenvalue weighted by Crippen LogP contribution is 2.21. The fourth-order valence-electron chi connectivity index (χ4n) is 3.03.